The Hall–Kier alpha value is -1.46. The van der Waals surface area contributed by atoms with Gasteiger partial charge in [-0.15, -0.1) is 0 Å². The third-order valence-electron chi connectivity index (χ3n) is 2.80. The van der Waals surface area contributed by atoms with Crippen molar-refractivity contribution in [3.05, 3.63) is 35.1 Å². The van der Waals surface area contributed by atoms with E-state index >= 15 is 0 Å². The molecule has 1 fully saturated rings. The molecule has 1 heterocycles. The summed E-state index contributed by atoms with van der Waals surface area (Å²) < 4.78 is 18.6. The van der Waals surface area contributed by atoms with Crippen LogP contribution in [0.3, 0.4) is 0 Å². The number of halogens is 1. The van der Waals surface area contributed by atoms with E-state index in [0.29, 0.717) is 18.7 Å². The number of hydrogen-bond donors (Lipinski definition) is 2. The Kier molecular flexibility index (Phi) is 4.28. The van der Waals surface area contributed by atoms with Crippen LogP contribution in [-0.2, 0) is 4.74 Å². The molecule has 5 heteroatoms. The van der Waals surface area contributed by atoms with Crippen molar-refractivity contribution in [1.82, 2.24) is 10.6 Å². The number of aryl methyl sites for hydroxylation is 1. The highest BCUT2D eigenvalue weighted by Gasteiger charge is 2.15. The Bertz CT molecular complexity index is 411. The van der Waals surface area contributed by atoms with E-state index in [-0.39, 0.29) is 12.0 Å². The molecule has 1 atom stereocenters. The molecule has 18 heavy (non-hydrogen) atoms. The number of morpholine rings is 1. The van der Waals surface area contributed by atoms with Gasteiger partial charge in [0.2, 0.25) is 0 Å². The summed E-state index contributed by atoms with van der Waals surface area (Å²) in [6.45, 7) is 4.41. The number of amides is 1. The summed E-state index contributed by atoms with van der Waals surface area (Å²) in [5, 5.41) is 5.93. The zero-order valence-corrected chi connectivity index (χ0v) is 10.3. The lowest BCUT2D eigenvalue weighted by Crippen LogP contribution is -2.45. The smallest absolute Gasteiger partial charge is 0.251 e. The van der Waals surface area contributed by atoms with Gasteiger partial charge in [0.1, 0.15) is 5.82 Å². The van der Waals surface area contributed by atoms with E-state index < -0.39 is 5.82 Å². The topological polar surface area (TPSA) is 50.4 Å². The molecule has 0 aromatic heterocycles. The number of ether oxygens (including phenoxy) is 1. The fourth-order valence-electron chi connectivity index (χ4n) is 1.93. The number of benzene rings is 1. The van der Waals surface area contributed by atoms with Gasteiger partial charge in [0.05, 0.1) is 12.7 Å². The number of rotatable bonds is 3. The zero-order chi connectivity index (χ0) is 13.0. The van der Waals surface area contributed by atoms with Gasteiger partial charge >= 0.3 is 0 Å². The molecule has 2 N–H and O–H groups in total. The van der Waals surface area contributed by atoms with Gasteiger partial charge in [-0.25, -0.2) is 4.39 Å². The summed E-state index contributed by atoms with van der Waals surface area (Å²) in [6, 6.07) is 4.30. The molecule has 1 unspecified atom stereocenters. The first-order chi connectivity index (χ1) is 8.65. The van der Waals surface area contributed by atoms with Crippen LogP contribution in [0.4, 0.5) is 4.39 Å². The maximum absolute atomic E-state index is 13.2. The Morgan fingerprint density at radius 1 is 1.56 bits per heavy atom. The molecule has 0 radical (unpaired) electrons. The molecule has 1 aromatic rings. The van der Waals surface area contributed by atoms with E-state index in [4.69, 9.17) is 4.74 Å². The molecule has 1 aliphatic heterocycles. The van der Waals surface area contributed by atoms with E-state index in [9.17, 15) is 9.18 Å². The molecule has 1 amide bonds. The molecular weight excluding hydrogens is 235 g/mol. The van der Waals surface area contributed by atoms with Crippen molar-refractivity contribution in [2.75, 3.05) is 26.2 Å². The maximum Gasteiger partial charge on any atom is 0.251 e. The second-order valence-corrected chi connectivity index (χ2v) is 4.42. The largest absolute Gasteiger partial charge is 0.374 e. The monoisotopic (exact) mass is 252 g/mol. The highest BCUT2D eigenvalue weighted by atomic mass is 19.1. The summed E-state index contributed by atoms with van der Waals surface area (Å²) in [5.41, 5.74) is 1.08. The third-order valence-corrected chi connectivity index (χ3v) is 2.80. The van der Waals surface area contributed by atoms with Gasteiger partial charge in [-0.1, -0.05) is 0 Å². The quantitative estimate of drug-likeness (QED) is 0.838. The van der Waals surface area contributed by atoms with E-state index in [1.165, 1.54) is 12.1 Å². The molecule has 98 valence electrons. The van der Waals surface area contributed by atoms with Crippen LogP contribution in [0.5, 0.6) is 0 Å². The van der Waals surface area contributed by atoms with Crippen molar-refractivity contribution >= 4 is 5.91 Å². The minimum Gasteiger partial charge on any atom is -0.374 e. The molecule has 1 saturated heterocycles. The third kappa shape index (κ3) is 3.51. The highest BCUT2D eigenvalue weighted by molar-refractivity contribution is 5.94. The first kappa shape index (κ1) is 13.0. The van der Waals surface area contributed by atoms with Crippen LogP contribution in [0.1, 0.15) is 15.9 Å². The van der Waals surface area contributed by atoms with E-state index in [1.54, 1.807) is 13.0 Å². The predicted molar refractivity (Wildman–Crippen MR) is 66.1 cm³/mol. The Morgan fingerprint density at radius 3 is 3.06 bits per heavy atom. The molecule has 0 bridgehead atoms. The zero-order valence-electron chi connectivity index (χ0n) is 10.3. The van der Waals surface area contributed by atoms with E-state index in [1.807, 2.05) is 0 Å². The Balaban J connectivity index is 1.90. The first-order valence-electron chi connectivity index (χ1n) is 6.03. The van der Waals surface area contributed by atoms with Gasteiger partial charge in [-0.3, -0.25) is 4.79 Å². The predicted octanol–water partition coefficient (Wildman–Crippen LogP) is 0.852. The minimum absolute atomic E-state index is 0.0163. The molecule has 1 aliphatic rings. The van der Waals surface area contributed by atoms with Crippen LogP contribution >= 0.6 is 0 Å². The van der Waals surface area contributed by atoms with Crippen molar-refractivity contribution in [3.63, 3.8) is 0 Å². The number of carbonyl (C=O) groups excluding carboxylic acids is 1. The Morgan fingerprint density at radius 2 is 2.39 bits per heavy atom. The summed E-state index contributed by atoms with van der Waals surface area (Å²) in [4.78, 5) is 11.8. The molecular formula is C13H17FN2O2. The fourth-order valence-corrected chi connectivity index (χ4v) is 1.93. The normalized spacial score (nSPS) is 19.6. The van der Waals surface area contributed by atoms with Crippen LogP contribution in [0.2, 0.25) is 0 Å². The molecule has 0 aliphatic carbocycles. The minimum atomic E-state index is -0.393. The van der Waals surface area contributed by atoms with Gasteiger partial charge in [0.25, 0.3) is 5.91 Å². The lowest BCUT2D eigenvalue weighted by molar-refractivity contribution is 0.0287. The molecule has 1 aromatic carbocycles. The molecule has 0 spiro atoms. The molecule has 4 nitrogen and oxygen atoms in total. The summed E-state index contributed by atoms with van der Waals surface area (Å²) in [5.74, 6) is -0.664. The number of hydrogen-bond acceptors (Lipinski definition) is 3. The van der Waals surface area contributed by atoms with Crippen LogP contribution in [0.25, 0.3) is 0 Å². The second kappa shape index (κ2) is 5.93. The highest BCUT2D eigenvalue weighted by Crippen LogP contribution is 2.08. The SMILES string of the molecule is Cc1cc(F)cc(C(=O)NCC2CNCCO2)c1. The lowest BCUT2D eigenvalue weighted by Gasteiger charge is -2.23. The van der Waals surface area contributed by atoms with Crippen molar-refractivity contribution in [2.24, 2.45) is 0 Å². The van der Waals surface area contributed by atoms with Crippen molar-refractivity contribution in [2.45, 2.75) is 13.0 Å². The average Bonchev–Trinajstić information content (AvgIpc) is 2.36. The number of carbonyl (C=O) groups is 1. The average molecular weight is 252 g/mol. The lowest BCUT2D eigenvalue weighted by atomic mass is 10.1. The standard InChI is InChI=1S/C13H17FN2O2/c1-9-4-10(6-11(14)5-9)13(17)16-8-12-7-15-2-3-18-12/h4-6,12,15H,2-3,7-8H2,1H3,(H,16,17). The van der Waals surface area contributed by atoms with E-state index in [2.05, 4.69) is 10.6 Å². The molecule has 2 rings (SSSR count). The van der Waals surface area contributed by atoms with Gasteiger partial charge in [-0.2, -0.15) is 0 Å². The van der Waals surface area contributed by atoms with Gasteiger partial charge in [0.15, 0.2) is 0 Å². The summed E-state index contributed by atoms with van der Waals surface area (Å²) >= 11 is 0. The van der Waals surface area contributed by atoms with Gasteiger partial charge in [-0.05, 0) is 30.7 Å². The van der Waals surface area contributed by atoms with Crippen LogP contribution in [0.15, 0.2) is 18.2 Å². The maximum atomic E-state index is 13.2. The summed E-state index contributed by atoms with van der Waals surface area (Å²) in [7, 11) is 0. The van der Waals surface area contributed by atoms with Crippen molar-refractivity contribution < 1.29 is 13.9 Å². The fraction of sp³-hybridized carbons (Fsp3) is 0.462. The summed E-state index contributed by atoms with van der Waals surface area (Å²) in [6.07, 6.45) is -0.0163. The molecule has 0 saturated carbocycles. The second-order valence-electron chi connectivity index (χ2n) is 4.42. The number of nitrogens with one attached hydrogen (secondary N) is 2. The van der Waals surface area contributed by atoms with E-state index in [0.717, 1.165) is 18.7 Å². The van der Waals surface area contributed by atoms with Gasteiger partial charge < -0.3 is 15.4 Å². The van der Waals surface area contributed by atoms with Gasteiger partial charge in [0, 0.05) is 25.2 Å². The van der Waals surface area contributed by atoms with Crippen molar-refractivity contribution in [1.29, 1.82) is 0 Å². The van der Waals surface area contributed by atoms with Crippen LogP contribution < -0.4 is 10.6 Å². The first-order valence-corrected chi connectivity index (χ1v) is 6.03. The van der Waals surface area contributed by atoms with Crippen molar-refractivity contribution in [3.8, 4) is 0 Å². The Labute approximate surface area is 106 Å². The van der Waals surface area contributed by atoms with Crippen LogP contribution in [0, 0.1) is 12.7 Å². The van der Waals surface area contributed by atoms with Crippen LogP contribution in [-0.4, -0.2) is 38.3 Å².